The van der Waals surface area contributed by atoms with Crippen LogP contribution in [0.25, 0.3) is 5.65 Å². The van der Waals surface area contributed by atoms with Gasteiger partial charge >= 0.3 is 0 Å². The fraction of sp³-hybridized carbons (Fsp3) is 0. The molecule has 66 valence electrons. The summed E-state index contributed by atoms with van der Waals surface area (Å²) in [6.07, 6.45) is 2.58. The van der Waals surface area contributed by atoms with E-state index in [9.17, 15) is 4.79 Å². The van der Waals surface area contributed by atoms with Gasteiger partial charge in [-0.3, -0.25) is 9.20 Å². The molecule has 0 bridgehead atoms. The molecule has 2 heterocycles. The molecular formula is C8H7N3O2. The number of hydrogen-bond donors (Lipinski definition) is 2. The number of hydrogen-bond acceptors (Lipinski definition) is 4. The van der Waals surface area contributed by atoms with Crippen molar-refractivity contribution in [3.05, 3.63) is 34.9 Å². The highest BCUT2D eigenvalue weighted by Gasteiger charge is 2.01. The Balaban J connectivity index is 2.95. The van der Waals surface area contributed by atoms with Crippen LogP contribution in [0, 0.1) is 0 Å². The van der Waals surface area contributed by atoms with Gasteiger partial charge in [-0.05, 0) is 6.07 Å². The van der Waals surface area contributed by atoms with Crippen molar-refractivity contribution in [2.24, 2.45) is 0 Å². The van der Waals surface area contributed by atoms with E-state index in [1.807, 2.05) is 0 Å². The van der Waals surface area contributed by atoms with Crippen LogP contribution in [-0.4, -0.2) is 14.5 Å². The molecule has 0 saturated heterocycles. The Bertz CT molecular complexity index is 518. The van der Waals surface area contributed by atoms with E-state index in [2.05, 4.69) is 4.98 Å². The molecule has 5 heteroatoms. The van der Waals surface area contributed by atoms with Crippen LogP contribution >= 0.6 is 0 Å². The second-order valence-corrected chi connectivity index (χ2v) is 2.64. The van der Waals surface area contributed by atoms with Crippen molar-refractivity contribution >= 4 is 11.3 Å². The molecule has 0 atom stereocenters. The summed E-state index contributed by atoms with van der Waals surface area (Å²) in [4.78, 5) is 15.1. The summed E-state index contributed by atoms with van der Waals surface area (Å²) in [6, 6.07) is 3.12. The third kappa shape index (κ3) is 1.10. The highest BCUT2D eigenvalue weighted by molar-refractivity contribution is 5.51. The summed E-state index contributed by atoms with van der Waals surface area (Å²) in [5.41, 5.74) is 5.94. The molecule has 0 fully saturated rings. The maximum atomic E-state index is 11.3. The molecule has 0 aliphatic rings. The van der Waals surface area contributed by atoms with Gasteiger partial charge in [0.1, 0.15) is 5.65 Å². The number of aromatic hydroxyl groups is 1. The smallest absolute Gasteiger partial charge is 0.300 e. The predicted molar refractivity (Wildman–Crippen MR) is 47.5 cm³/mol. The summed E-state index contributed by atoms with van der Waals surface area (Å²) in [7, 11) is 0. The average molecular weight is 177 g/mol. The van der Waals surface area contributed by atoms with Gasteiger partial charge in [-0.15, -0.1) is 0 Å². The standard InChI is InChI=1S/C8H7N3O2/c9-5-1-2-11-7(3-5)10-4-6(12)8(11)13/h1-4,12H,9H2. The largest absolute Gasteiger partial charge is 0.502 e. The summed E-state index contributed by atoms with van der Waals surface area (Å²) in [5, 5.41) is 9.06. The molecule has 0 spiro atoms. The monoisotopic (exact) mass is 177 g/mol. The number of rotatable bonds is 0. The van der Waals surface area contributed by atoms with E-state index in [1.54, 1.807) is 12.1 Å². The lowest BCUT2D eigenvalue weighted by molar-refractivity contribution is 0.462. The van der Waals surface area contributed by atoms with Crippen LogP contribution in [0.4, 0.5) is 5.69 Å². The molecule has 2 aromatic rings. The third-order valence-electron chi connectivity index (χ3n) is 1.72. The van der Waals surface area contributed by atoms with Crippen LogP contribution in [0.5, 0.6) is 5.75 Å². The Morgan fingerprint density at radius 3 is 3.08 bits per heavy atom. The van der Waals surface area contributed by atoms with Crippen molar-refractivity contribution < 1.29 is 5.11 Å². The molecule has 0 saturated carbocycles. The van der Waals surface area contributed by atoms with E-state index in [0.717, 1.165) is 6.20 Å². The van der Waals surface area contributed by atoms with E-state index in [1.165, 1.54) is 10.6 Å². The Morgan fingerprint density at radius 1 is 1.54 bits per heavy atom. The molecular weight excluding hydrogens is 170 g/mol. The number of aromatic nitrogens is 2. The zero-order valence-electron chi connectivity index (χ0n) is 6.64. The summed E-state index contributed by atoms with van der Waals surface area (Å²) in [5.74, 6) is -0.373. The lowest BCUT2D eigenvalue weighted by atomic mass is 10.4. The molecule has 0 aromatic carbocycles. The third-order valence-corrected chi connectivity index (χ3v) is 1.72. The molecule has 0 radical (unpaired) electrons. The summed E-state index contributed by atoms with van der Waals surface area (Å²) >= 11 is 0. The lowest BCUT2D eigenvalue weighted by Gasteiger charge is -2.00. The van der Waals surface area contributed by atoms with Crippen molar-refractivity contribution in [1.29, 1.82) is 0 Å². The molecule has 13 heavy (non-hydrogen) atoms. The maximum Gasteiger partial charge on any atom is 0.300 e. The van der Waals surface area contributed by atoms with Crippen LogP contribution < -0.4 is 11.3 Å². The number of anilines is 1. The minimum atomic E-state index is -0.495. The molecule has 2 aromatic heterocycles. The lowest BCUT2D eigenvalue weighted by Crippen LogP contribution is -2.13. The first-order valence-corrected chi connectivity index (χ1v) is 3.64. The highest BCUT2D eigenvalue weighted by atomic mass is 16.3. The highest BCUT2D eigenvalue weighted by Crippen LogP contribution is 2.06. The predicted octanol–water partition coefficient (Wildman–Crippen LogP) is -0.0177. The van der Waals surface area contributed by atoms with Crippen LogP contribution in [-0.2, 0) is 0 Å². The van der Waals surface area contributed by atoms with Gasteiger partial charge in [0.2, 0.25) is 5.75 Å². The minimum Gasteiger partial charge on any atom is -0.502 e. The van der Waals surface area contributed by atoms with E-state index < -0.39 is 5.56 Å². The quantitative estimate of drug-likeness (QED) is 0.592. The van der Waals surface area contributed by atoms with Gasteiger partial charge in [0.25, 0.3) is 5.56 Å². The normalized spacial score (nSPS) is 10.5. The van der Waals surface area contributed by atoms with Gasteiger partial charge < -0.3 is 10.8 Å². The number of nitrogens with zero attached hydrogens (tertiary/aromatic N) is 2. The fourth-order valence-corrected chi connectivity index (χ4v) is 1.08. The van der Waals surface area contributed by atoms with Crippen molar-refractivity contribution in [2.75, 3.05) is 5.73 Å². The Hall–Kier alpha value is -2.04. The minimum absolute atomic E-state index is 0.373. The summed E-state index contributed by atoms with van der Waals surface area (Å²) in [6.45, 7) is 0. The van der Waals surface area contributed by atoms with Crippen LogP contribution in [0.2, 0.25) is 0 Å². The Labute approximate surface area is 73.1 Å². The topological polar surface area (TPSA) is 80.6 Å². The van der Waals surface area contributed by atoms with E-state index in [-0.39, 0.29) is 5.75 Å². The first-order valence-electron chi connectivity index (χ1n) is 3.64. The number of fused-ring (bicyclic) bond motifs is 1. The average Bonchev–Trinajstić information content (AvgIpc) is 2.12. The van der Waals surface area contributed by atoms with E-state index in [4.69, 9.17) is 10.8 Å². The second kappa shape index (κ2) is 2.48. The zero-order valence-corrected chi connectivity index (χ0v) is 6.64. The second-order valence-electron chi connectivity index (χ2n) is 2.64. The van der Waals surface area contributed by atoms with Crippen LogP contribution in [0.1, 0.15) is 0 Å². The Kier molecular flexibility index (Phi) is 1.45. The molecule has 0 amide bonds. The van der Waals surface area contributed by atoms with Crippen molar-refractivity contribution in [2.45, 2.75) is 0 Å². The van der Waals surface area contributed by atoms with Gasteiger partial charge in [0.05, 0.1) is 6.20 Å². The van der Waals surface area contributed by atoms with Gasteiger partial charge in [-0.1, -0.05) is 0 Å². The van der Waals surface area contributed by atoms with Gasteiger partial charge in [-0.25, -0.2) is 4.98 Å². The zero-order chi connectivity index (χ0) is 9.42. The molecule has 0 aliphatic carbocycles. The van der Waals surface area contributed by atoms with Gasteiger partial charge in [-0.2, -0.15) is 0 Å². The van der Waals surface area contributed by atoms with E-state index in [0.29, 0.717) is 11.3 Å². The summed E-state index contributed by atoms with van der Waals surface area (Å²) < 4.78 is 1.23. The molecule has 0 aliphatic heterocycles. The number of nitrogen functional groups attached to an aromatic ring is 1. The molecule has 0 unspecified atom stereocenters. The first-order chi connectivity index (χ1) is 6.18. The Morgan fingerprint density at radius 2 is 2.31 bits per heavy atom. The van der Waals surface area contributed by atoms with Crippen LogP contribution in [0.3, 0.4) is 0 Å². The van der Waals surface area contributed by atoms with Gasteiger partial charge in [0, 0.05) is 18.0 Å². The van der Waals surface area contributed by atoms with Gasteiger partial charge in [0.15, 0.2) is 0 Å². The fourth-order valence-electron chi connectivity index (χ4n) is 1.08. The maximum absolute atomic E-state index is 11.3. The SMILES string of the molecule is Nc1ccn2c(=O)c(O)cnc2c1. The molecule has 3 N–H and O–H groups in total. The first kappa shape index (κ1) is 7.60. The number of nitrogens with two attached hydrogens (primary N) is 1. The van der Waals surface area contributed by atoms with Crippen molar-refractivity contribution in [3.63, 3.8) is 0 Å². The van der Waals surface area contributed by atoms with Crippen molar-refractivity contribution in [3.8, 4) is 5.75 Å². The number of pyridine rings is 1. The molecule has 5 nitrogen and oxygen atoms in total. The van der Waals surface area contributed by atoms with Crippen molar-refractivity contribution in [1.82, 2.24) is 9.38 Å². The van der Waals surface area contributed by atoms with Crippen LogP contribution in [0.15, 0.2) is 29.3 Å². The van der Waals surface area contributed by atoms with E-state index >= 15 is 0 Å². The molecule has 2 rings (SSSR count).